The molecule has 0 N–H and O–H groups in total. The summed E-state index contributed by atoms with van der Waals surface area (Å²) in [6, 6.07) is 7.55. The Balaban J connectivity index is 2.69. The van der Waals surface area contributed by atoms with Gasteiger partial charge in [0.2, 0.25) is 0 Å². The van der Waals surface area contributed by atoms with Crippen molar-refractivity contribution in [1.29, 1.82) is 0 Å². The monoisotopic (exact) mass is 279 g/mol. The molecule has 0 saturated heterocycles. The Bertz CT molecular complexity index is 566. The van der Waals surface area contributed by atoms with Gasteiger partial charge in [0.25, 0.3) is 0 Å². The molecule has 1 aromatic carbocycles. The minimum absolute atomic E-state index is 0.339. The number of benzene rings is 1. The molecule has 0 saturated carbocycles. The van der Waals surface area contributed by atoms with Gasteiger partial charge >= 0.3 is 5.97 Å². The second-order valence-electron chi connectivity index (χ2n) is 3.48. The van der Waals surface area contributed by atoms with Crippen LogP contribution in [0.5, 0.6) is 0 Å². The topological polar surface area (TPSA) is 39.2 Å². The summed E-state index contributed by atoms with van der Waals surface area (Å²) in [6.07, 6.45) is 0. The number of carbonyl (C=O) groups is 1. The van der Waals surface area contributed by atoms with Crippen molar-refractivity contribution < 1.29 is 9.53 Å². The Morgan fingerprint density at radius 3 is 2.81 bits per heavy atom. The molecule has 0 spiro atoms. The highest BCUT2D eigenvalue weighted by Crippen LogP contribution is 2.22. The summed E-state index contributed by atoms with van der Waals surface area (Å²) in [5.74, 6) is -0.412. The van der Waals surface area contributed by atoms with Gasteiger partial charge in [0, 0.05) is 9.86 Å². The molecular formula is C12H10BrNO2. The predicted molar refractivity (Wildman–Crippen MR) is 65.5 cm³/mol. The van der Waals surface area contributed by atoms with E-state index in [9.17, 15) is 4.79 Å². The van der Waals surface area contributed by atoms with Crippen molar-refractivity contribution in [2.45, 2.75) is 6.92 Å². The maximum Gasteiger partial charge on any atom is 0.356 e. The molecule has 0 aliphatic carbocycles. The average molecular weight is 280 g/mol. The largest absolute Gasteiger partial charge is 0.464 e. The van der Waals surface area contributed by atoms with E-state index in [2.05, 4.69) is 25.7 Å². The smallest absolute Gasteiger partial charge is 0.356 e. The molecule has 0 aliphatic heterocycles. The second kappa shape index (κ2) is 4.22. The minimum atomic E-state index is -0.412. The number of hydrogen-bond acceptors (Lipinski definition) is 3. The molecular weight excluding hydrogens is 270 g/mol. The first-order valence-corrected chi connectivity index (χ1v) is 5.56. The van der Waals surface area contributed by atoms with Crippen molar-refractivity contribution in [2.75, 3.05) is 7.11 Å². The summed E-state index contributed by atoms with van der Waals surface area (Å²) >= 11 is 3.38. The molecule has 16 heavy (non-hydrogen) atoms. The van der Waals surface area contributed by atoms with Gasteiger partial charge in [-0.05, 0) is 30.7 Å². The molecule has 0 atom stereocenters. The molecule has 82 valence electrons. The van der Waals surface area contributed by atoms with Gasteiger partial charge in [0.15, 0.2) is 0 Å². The van der Waals surface area contributed by atoms with E-state index >= 15 is 0 Å². The van der Waals surface area contributed by atoms with Crippen LogP contribution in [0.3, 0.4) is 0 Å². The van der Waals surface area contributed by atoms with Gasteiger partial charge in [-0.2, -0.15) is 0 Å². The fraction of sp³-hybridized carbons (Fsp3) is 0.167. The van der Waals surface area contributed by atoms with Gasteiger partial charge in [-0.25, -0.2) is 9.78 Å². The molecule has 0 bridgehead atoms. The third-order valence-electron chi connectivity index (χ3n) is 2.37. The molecule has 4 heteroatoms. The van der Waals surface area contributed by atoms with Crippen LogP contribution < -0.4 is 0 Å². The van der Waals surface area contributed by atoms with Gasteiger partial charge in [0.1, 0.15) is 5.69 Å². The molecule has 1 heterocycles. The maximum atomic E-state index is 11.4. The zero-order chi connectivity index (χ0) is 11.7. The van der Waals surface area contributed by atoms with E-state index < -0.39 is 5.97 Å². The second-order valence-corrected chi connectivity index (χ2v) is 4.39. The van der Waals surface area contributed by atoms with Crippen LogP contribution in [0, 0.1) is 6.92 Å². The van der Waals surface area contributed by atoms with Gasteiger partial charge in [-0.1, -0.05) is 22.0 Å². The number of nitrogens with zero attached hydrogens (tertiary/aromatic N) is 1. The Labute approximate surface area is 102 Å². The average Bonchev–Trinajstić information content (AvgIpc) is 2.27. The summed E-state index contributed by atoms with van der Waals surface area (Å²) in [7, 11) is 1.35. The van der Waals surface area contributed by atoms with Crippen molar-refractivity contribution in [3.8, 4) is 0 Å². The SMILES string of the molecule is COC(=O)c1cc(C)c2ccc(Br)cc2n1. The lowest BCUT2D eigenvalue weighted by Gasteiger charge is -2.05. The number of aromatic nitrogens is 1. The van der Waals surface area contributed by atoms with Crippen molar-refractivity contribution in [3.05, 3.63) is 40.0 Å². The van der Waals surface area contributed by atoms with E-state index in [1.165, 1.54) is 7.11 Å². The number of methoxy groups -OCH3 is 1. The molecule has 0 fully saturated rings. The Kier molecular flexibility index (Phi) is 2.92. The predicted octanol–water partition coefficient (Wildman–Crippen LogP) is 3.09. The van der Waals surface area contributed by atoms with Crippen LogP contribution in [0.15, 0.2) is 28.7 Å². The van der Waals surface area contributed by atoms with Gasteiger partial charge in [-0.3, -0.25) is 0 Å². The highest BCUT2D eigenvalue weighted by molar-refractivity contribution is 9.10. The molecule has 3 nitrogen and oxygen atoms in total. The molecule has 1 aromatic heterocycles. The number of halogens is 1. The molecule has 0 radical (unpaired) electrons. The normalized spacial score (nSPS) is 10.4. The summed E-state index contributed by atoms with van der Waals surface area (Å²) in [4.78, 5) is 15.7. The highest BCUT2D eigenvalue weighted by atomic mass is 79.9. The number of pyridine rings is 1. The van der Waals surface area contributed by atoms with Gasteiger partial charge in [-0.15, -0.1) is 0 Å². The lowest BCUT2D eigenvalue weighted by Crippen LogP contribution is -2.04. The number of hydrogen-bond donors (Lipinski definition) is 0. The quantitative estimate of drug-likeness (QED) is 0.753. The molecule has 0 amide bonds. The lowest BCUT2D eigenvalue weighted by atomic mass is 10.1. The van der Waals surface area contributed by atoms with E-state index in [4.69, 9.17) is 0 Å². The first-order chi connectivity index (χ1) is 7.61. The fourth-order valence-corrected chi connectivity index (χ4v) is 1.93. The van der Waals surface area contributed by atoms with Crippen molar-refractivity contribution in [3.63, 3.8) is 0 Å². The summed E-state index contributed by atoms with van der Waals surface area (Å²) in [5, 5.41) is 1.04. The van der Waals surface area contributed by atoms with E-state index in [1.54, 1.807) is 6.07 Å². The number of esters is 1. The number of ether oxygens (including phenoxy) is 1. The van der Waals surface area contributed by atoms with Crippen molar-refractivity contribution >= 4 is 32.8 Å². The Morgan fingerprint density at radius 2 is 2.12 bits per heavy atom. The third-order valence-corrected chi connectivity index (χ3v) is 2.87. The van der Waals surface area contributed by atoms with Crippen LogP contribution >= 0.6 is 15.9 Å². The van der Waals surface area contributed by atoms with Crippen LogP contribution in [0.25, 0.3) is 10.9 Å². The number of fused-ring (bicyclic) bond motifs is 1. The molecule has 2 rings (SSSR count). The summed E-state index contributed by atoms with van der Waals surface area (Å²) in [6.45, 7) is 1.95. The zero-order valence-electron chi connectivity index (χ0n) is 8.95. The number of aryl methyl sites for hydroxylation is 1. The number of carbonyl (C=O) groups excluding carboxylic acids is 1. The van der Waals surface area contributed by atoms with Crippen LogP contribution in [0.1, 0.15) is 16.1 Å². The van der Waals surface area contributed by atoms with Crippen molar-refractivity contribution in [1.82, 2.24) is 4.98 Å². The fourth-order valence-electron chi connectivity index (χ4n) is 1.58. The van der Waals surface area contributed by atoms with Gasteiger partial charge in [0.05, 0.1) is 12.6 Å². The lowest BCUT2D eigenvalue weighted by molar-refractivity contribution is 0.0594. The summed E-state index contributed by atoms with van der Waals surface area (Å²) in [5.41, 5.74) is 2.14. The van der Waals surface area contributed by atoms with E-state index in [0.717, 1.165) is 20.9 Å². The summed E-state index contributed by atoms with van der Waals surface area (Å²) < 4.78 is 5.60. The molecule has 2 aromatic rings. The van der Waals surface area contributed by atoms with Crippen LogP contribution in [0.4, 0.5) is 0 Å². The maximum absolute atomic E-state index is 11.4. The van der Waals surface area contributed by atoms with Crippen molar-refractivity contribution in [2.24, 2.45) is 0 Å². The van der Waals surface area contributed by atoms with Crippen LogP contribution in [-0.4, -0.2) is 18.1 Å². The first-order valence-electron chi connectivity index (χ1n) is 4.77. The highest BCUT2D eigenvalue weighted by Gasteiger charge is 2.10. The van der Waals surface area contributed by atoms with E-state index in [-0.39, 0.29) is 0 Å². The standard InChI is InChI=1S/C12H10BrNO2/c1-7-5-11(12(15)16-2)14-10-6-8(13)3-4-9(7)10/h3-6H,1-2H3. The zero-order valence-corrected chi connectivity index (χ0v) is 10.5. The minimum Gasteiger partial charge on any atom is -0.464 e. The molecule has 0 unspecified atom stereocenters. The van der Waals surface area contributed by atoms with Crippen LogP contribution in [-0.2, 0) is 4.74 Å². The third kappa shape index (κ3) is 1.93. The Hall–Kier alpha value is -1.42. The Morgan fingerprint density at radius 1 is 1.38 bits per heavy atom. The first kappa shape index (κ1) is 11.1. The van der Waals surface area contributed by atoms with Crippen LogP contribution in [0.2, 0.25) is 0 Å². The molecule has 0 aliphatic rings. The number of rotatable bonds is 1. The van der Waals surface area contributed by atoms with E-state index in [1.807, 2.05) is 25.1 Å². The van der Waals surface area contributed by atoms with E-state index in [0.29, 0.717) is 5.69 Å². The van der Waals surface area contributed by atoms with Gasteiger partial charge < -0.3 is 4.74 Å².